The summed E-state index contributed by atoms with van der Waals surface area (Å²) < 4.78 is 0. The maximum absolute atomic E-state index is 13.7. The summed E-state index contributed by atoms with van der Waals surface area (Å²) in [6, 6.07) is 17.9. The van der Waals surface area contributed by atoms with Crippen LogP contribution < -0.4 is 21.3 Å². The molecular weight excluding hydrogens is 416 g/mol. The highest BCUT2D eigenvalue weighted by Crippen LogP contribution is 2.31. The van der Waals surface area contributed by atoms with E-state index < -0.39 is 18.0 Å². The van der Waals surface area contributed by atoms with E-state index in [0.717, 1.165) is 27.6 Å². The summed E-state index contributed by atoms with van der Waals surface area (Å²) in [4.78, 5) is 39.9. The van der Waals surface area contributed by atoms with Crippen molar-refractivity contribution in [3.05, 3.63) is 77.4 Å². The number of nitrogens with two attached hydrogens (primary N) is 1. The summed E-state index contributed by atoms with van der Waals surface area (Å²) >= 11 is 0. The normalized spacial score (nSPS) is 16.7. The van der Waals surface area contributed by atoms with Crippen molar-refractivity contribution in [2.45, 2.75) is 38.4 Å². The third-order valence-corrected chi connectivity index (χ3v) is 6.30. The molecule has 0 aromatic heterocycles. The third kappa shape index (κ3) is 4.45. The van der Waals surface area contributed by atoms with Gasteiger partial charge >= 0.3 is 0 Å². The van der Waals surface area contributed by atoms with Gasteiger partial charge in [0.15, 0.2) is 0 Å². The molecule has 0 saturated heterocycles. The van der Waals surface area contributed by atoms with Gasteiger partial charge in [-0.1, -0.05) is 48.5 Å². The molecule has 0 radical (unpaired) electrons. The first-order valence-corrected chi connectivity index (χ1v) is 11.1. The van der Waals surface area contributed by atoms with Gasteiger partial charge in [-0.3, -0.25) is 14.4 Å². The number of carbonyl (C=O) groups excluding carboxylic acids is 3. The first-order chi connectivity index (χ1) is 15.9. The summed E-state index contributed by atoms with van der Waals surface area (Å²) in [5.41, 5.74) is 8.81. The van der Waals surface area contributed by atoms with E-state index in [1.165, 1.54) is 0 Å². The zero-order chi connectivity index (χ0) is 23.5. The van der Waals surface area contributed by atoms with Crippen molar-refractivity contribution >= 4 is 34.2 Å². The minimum Gasteiger partial charge on any atom is -0.366 e. The Morgan fingerprint density at radius 3 is 2.55 bits per heavy atom. The Morgan fingerprint density at radius 2 is 1.79 bits per heavy atom. The number of para-hydroxylation sites is 1. The molecule has 3 amide bonds. The molecule has 0 saturated carbocycles. The predicted octanol–water partition coefficient (Wildman–Crippen LogP) is 2.51. The van der Waals surface area contributed by atoms with Gasteiger partial charge in [0.05, 0.1) is 12.6 Å². The zero-order valence-corrected chi connectivity index (χ0v) is 18.8. The van der Waals surface area contributed by atoms with Gasteiger partial charge in [-0.05, 0) is 60.8 Å². The summed E-state index contributed by atoms with van der Waals surface area (Å²) in [7, 11) is 1.71. The van der Waals surface area contributed by atoms with Gasteiger partial charge in [0, 0.05) is 11.3 Å². The first kappa shape index (κ1) is 22.5. The van der Waals surface area contributed by atoms with E-state index in [1.807, 2.05) is 48.5 Å². The highest BCUT2D eigenvalue weighted by Gasteiger charge is 2.32. The molecule has 3 aromatic rings. The topological polar surface area (TPSA) is 105 Å². The van der Waals surface area contributed by atoms with E-state index in [9.17, 15) is 14.4 Å². The van der Waals surface area contributed by atoms with Gasteiger partial charge in [0.2, 0.25) is 17.7 Å². The molecule has 4 N–H and O–H groups in total. The Hall–Kier alpha value is -3.71. The number of carbonyl (C=O) groups is 3. The molecule has 2 atom stereocenters. The lowest BCUT2D eigenvalue weighted by Gasteiger charge is -2.27. The number of nitrogens with zero attached hydrogens (tertiary/aromatic N) is 1. The molecule has 7 heteroatoms. The largest absolute Gasteiger partial charge is 0.366 e. The van der Waals surface area contributed by atoms with Crippen molar-refractivity contribution in [1.29, 1.82) is 0 Å². The molecule has 1 aliphatic rings. The lowest BCUT2D eigenvalue weighted by molar-refractivity contribution is -0.128. The molecule has 1 heterocycles. The summed E-state index contributed by atoms with van der Waals surface area (Å²) in [6.07, 6.45) is 1.20. The van der Waals surface area contributed by atoms with Crippen molar-refractivity contribution in [3.63, 3.8) is 0 Å². The first-order valence-electron chi connectivity index (χ1n) is 11.1. The molecular formula is C26H28N4O3. The molecule has 0 fully saturated rings. The lowest BCUT2D eigenvalue weighted by Crippen LogP contribution is -2.52. The molecule has 0 spiro atoms. The minimum atomic E-state index is -0.628. The van der Waals surface area contributed by atoms with Gasteiger partial charge in [0.25, 0.3) is 0 Å². The van der Waals surface area contributed by atoms with Crippen LogP contribution in [0.4, 0.5) is 5.69 Å². The number of rotatable bonds is 6. The quantitative estimate of drug-likeness (QED) is 0.543. The number of aryl methyl sites for hydroxylation is 1. The smallest absolute Gasteiger partial charge is 0.249 e. The van der Waals surface area contributed by atoms with Crippen molar-refractivity contribution in [2.24, 2.45) is 5.73 Å². The second kappa shape index (κ2) is 9.42. The Labute approximate surface area is 192 Å². The fourth-order valence-electron chi connectivity index (χ4n) is 4.34. The summed E-state index contributed by atoms with van der Waals surface area (Å²) in [6.45, 7) is 2.07. The van der Waals surface area contributed by atoms with Crippen LogP contribution in [0.25, 0.3) is 10.8 Å². The number of fused-ring (bicyclic) bond motifs is 2. The summed E-state index contributed by atoms with van der Waals surface area (Å²) in [5, 5.41) is 7.45. The van der Waals surface area contributed by atoms with Gasteiger partial charge in [-0.15, -0.1) is 0 Å². The van der Waals surface area contributed by atoms with E-state index in [0.29, 0.717) is 24.9 Å². The minimum absolute atomic E-state index is 0.153. The molecule has 2 unspecified atom stereocenters. The Bertz CT molecular complexity index is 1220. The fourth-order valence-corrected chi connectivity index (χ4v) is 4.34. The highest BCUT2D eigenvalue weighted by atomic mass is 16.2. The van der Waals surface area contributed by atoms with Gasteiger partial charge < -0.3 is 21.3 Å². The second-order valence-electron chi connectivity index (χ2n) is 8.35. The van der Waals surface area contributed by atoms with Crippen molar-refractivity contribution in [1.82, 2.24) is 10.6 Å². The molecule has 4 rings (SSSR count). The molecule has 3 aromatic carbocycles. The highest BCUT2D eigenvalue weighted by molar-refractivity contribution is 6.07. The van der Waals surface area contributed by atoms with Crippen molar-refractivity contribution in [2.75, 3.05) is 11.9 Å². The van der Waals surface area contributed by atoms with Crippen LogP contribution in [0.5, 0.6) is 0 Å². The van der Waals surface area contributed by atoms with Crippen LogP contribution >= 0.6 is 0 Å². The van der Waals surface area contributed by atoms with E-state index in [1.54, 1.807) is 31.0 Å². The van der Waals surface area contributed by atoms with Crippen molar-refractivity contribution in [3.8, 4) is 0 Å². The van der Waals surface area contributed by atoms with Crippen LogP contribution in [0, 0.1) is 0 Å². The monoisotopic (exact) mass is 444 g/mol. The average Bonchev–Trinajstić information content (AvgIpc) is 2.95. The summed E-state index contributed by atoms with van der Waals surface area (Å²) in [5.74, 6) is -0.854. The average molecular weight is 445 g/mol. The van der Waals surface area contributed by atoms with Gasteiger partial charge in [-0.25, -0.2) is 0 Å². The lowest BCUT2D eigenvalue weighted by atomic mass is 9.99. The standard InChI is InChI=1S/C26H28N4O3/c1-16(28-2)25(32)29-22-14-13-17-7-3-4-12-23(17)30(26(22)33)15-18-8-5-10-20-19(18)9-6-11-21(20)24(27)31/h3-12,16,22,28H,13-15H2,1-2H3,(H2,27,31)(H,29,32). The number of nitrogens with one attached hydrogen (secondary N) is 2. The Balaban J connectivity index is 1.74. The Morgan fingerprint density at radius 1 is 1.06 bits per heavy atom. The van der Waals surface area contributed by atoms with Gasteiger partial charge in [0.1, 0.15) is 6.04 Å². The SMILES string of the molecule is CNC(C)C(=O)NC1CCc2ccccc2N(Cc2cccc3c(C(N)=O)cccc23)C1=O. The van der Waals surface area contributed by atoms with Gasteiger partial charge in [-0.2, -0.15) is 0 Å². The maximum Gasteiger partial charge on any atom is 0.249 e. The number of hydrogen-bond donors (Lipinski definition) is 3. The van der Waals surface area contributed by atoms with E-state index in [-0.39, 0.29) is 11.8 Å². The van der Waals surface area contributed by atoms with E-state index in [2.05, 4.69) is 10.6 Å². The van der Waals surface area contributed by atoms with Crippen LogP contribution in [0.1, 0.15) is 34.8 Å². The number of likely N-dealkylation sites (N-methyl/N-ethyl adjacent to an activating group) is 1. The third-order valence-electron chi connectivity index (χ3n) is 6.30. The van der Waals surface area contributed by atoms with Crippen LogP contribution in [-0.2, 0) is 22.6 Å². The predicted molar refractivity (Wildman–Crippen MR) is 129 cm³/mol. The number of amides is 3. The molecule has 170 valence electrons. The van der Waals surface area contributed by atoms with Crippen LogP contribution in [0.15, 0.2) is 60.7 Å². The van der Waals surface area contributed by atoms with Crippen molar-refractivity contribution < 1.29 is 14.4 Å². The number of hydrogen-bond acceptors (Lipinski definition) is 4. The molecule has 33 heavy (non-hydrogen) atoms. The van der Waals surface area contributed by atoms with Crippen LogP contribution in [-0.4, -0.2) is 36.9 Å². The molecule has 0 aliphatic carbocycles. The zero-order valence-electron chi connectivity index (χ0n) is 18.8. The molecule has 0 bridgehead atoms. The number of primary amides is 1. The Kier molecular flexibility index (Phi) is 6.42. The van der Waals surface area contributed by atoms with E-state index >= 15 is 0 Å². The number of anilines is 1. The second-order valence-corrected chi connectivity index (χ2v) is 8.35. The fraction of sp³-hybridized carbons (Fsp3) is 0.269. The van der Waals surface area contributed by atoms with E-state index in [4.69, 9.17) is 5.73 Å². The molecule has 1 aliphatic heterocycles. The maximum atomic E-state index is 13.7. The van der Waals surface area contributed by atoms with Crippen LogP contribution in [0.2, 0.25) is 0 Å². The number of benzene rings is 3. The van der Waals surface area contributed by atoms with Crippen LogP contribution in [0.3, 0.4) is 0 Å². The molecule has 7 nitrogen and oxygen atoms in total.